The Morgan fingerprint density at radius 1 is 1.39 bits per heavy atom. The summed E-state index contributed by atoms with van der Waals surface area (Å²) in [6.07, 6.45) is 2.47. The van der Waals surface area contributed by atoms with E-state index in [0.717, 1.165) is 17.8 Å². The van der Waals surface area contributed by atoms with Gasteiger partial charge < -0.3 is 10.6 Å². The van der Waals surface area contributed by atoms with Gasteiger partial charge in [-0.3, -0.25) is 19.9 Å². The Balaban J connectivity index is 2.14. The fraction of sp³-hybridized carbons (Fsp3) is 0.417. The predicted octanol–water partition coefficient (Wildman–Crippen LogP) is -0.0458. The molecule has 1 atom stereocenters. The molecule has 0 spiro atoms. The quantitative estimate of drug-likeness (QED) is 0.732. The van der Waals surface area contributed by atoms with Gasteiger partial charge in [-0.05, 0) is 18.6 Å². The number of anilines is 1. The van der Waals surface area contributed by atoms with Gasteiger partial charge in [0.25, 0.3) is 0 Å². The second-order valence-corrected chi connectivity index (χ2v) is 4.28. The molecule has 96 valence electrons. The van der Waals surface area contributed by atoms with E-state index in [1.807, 2.05) is 19.1 Å². The zero-order valence-electron chi connectivity index (χ0n) is 10.2. The molecule has 1 aliphatic heterocycles. The first-order chi connectivity index (χ1) is 8.60. The van der Waals surface area contributed by atoms with Crippen LogP contribution in [-0.4, -0.2) is 29.9 Å². The van der Waals surface area contributed by atoms with Crippen LogP contribution in [-0.2, 0) is 9.59 Å². The van der Waals surface area contributed by atoms with Crippen molar-refractivity contribution in [3.05, 3.63) is 24.0 Å². The third-order valence-electron chi connectivity index (χ3n) is 2.90. The average molecular weight is 248 g/mol. The Morgan fingerprint density at radius 3 is 2.56 bits per heavy atom. The highest BCUT2D eigenvalue weighted by molar-refractivity contribution is 6.02. The molecule has 2 amide bonds. The molecule has 1 fully saturated rings. The Kier molecular flexibility index (Phi) is 3.57. The van der Waals surface area contributed by atoms with Crippen LogP contribution in [0.3, 0.4) is 0 Å². The van der Waals surface area contributed by atoms with E-state index >= 15 is 0 Å². The number of nitrogens with zero attached hydrogens (tertiary/aromatic N) is 2. The molecule has 0 unspecified atom stereocenters. The van der Waals surface area contributed by atoms with Gasteiger partial charge in [0.1, 0.15) is 0 Å². The maximum atomic E-state index is 11.3. The first-order valence-corrected chi connectivity index (χ1v) is 5.89. The van der Waals surface area contributed by atoms with Gasteiger partial charge in [-0.15, -0.1) is 0 Å². The highest BCUT2D eigenvalue weighted by Gasteiger charge is 2.22. The molecule has 3 N–H and O–H groups in total. The van der Waals surface area contributed by atoms with E-state index in [4.69, 9.17) is 5.73 Å². The van der Waals surface area contributed by atoms with Crippen LogP contribution in [0.15, 0.2) is 18.3 Å². The first-order valence-electron chi connectivity index (χ1n) is 5.89. The SMILES string of the molecule is CC[C@@H](N)c1ccc(N2CC(=O)NC(=O)C2)cn1. The number of amides is 2. The molecule has 0 aliphatic carbocycles. The van der Waals surface area contributed by atoms with Crippen LogP contribution < -0.4 is 16.0 Å². The van der Waals surface area contributed by atoms with Crippen LogP contribution in [0.25, 0.3) is 0 Å². The molecule has 2 rings (SSSR count). The molecule has 1 aliphatic rings. The van der Waals surface area contributed by atoms with Crippen LogP contribution in [0.1, 0.15) is 25.1 Å². The Morgan fingerprint density at radius 2 is 2.06 bits per heavy atom. The highest BCUT2D eigenvalue weighted by Crippen LogP contribution is 2.17. The standard InChI is InChI=1S/C12H16N4O2/c1-2-9(13)10-4-3-8(5-14-10)16-6-11(17)15-12(18)7-16/h3-5,9H,2,6-7,13H2,1H3,(H,15,17,18)/t9-/m1/s1. The number of carbonyl (C=O) groups is 2. The van der Waals surface area contributed by atoms with Gasteiger partial charge in [0.2, 0.25) is 11.8 Å². The number of piperazine rings is 1. The molecule has 6 heteroatoms. The van der Waals surface area contributed by atoms with Crippen molar-refractivity contribution in [1.82, 2.24) is 10.3 Å². The predicted molar refractivity (Wildman–Crippen MR) is 66.8 cm³/mol. The Hall–Kier alpha value is -1.95. The highest BCUT2D eigenvalue weighted by atomic mass is 16.2. The van der Waals surface area contributed by atoms with Crippen molar-refractivity contribution in [2.75, 3.05) is 18.0 Å². The second-order valence-electron chi connectivity index (χ2n) is 4.28. The zero-order chi connectivity index (χ0) is 13.1. The summed E-state index contributed by atoms with van der Waals surface area (Å²) in [6, 6.07) is 3.59. The third-order valence-corrected chi connectivity index (χ3v) is 2.90. The zero-order valence-corrected chi connectivity index (χ0v) is 10.2. The van der Waals surface area contributed by atoms with Crippen molar-refractivity contribution in [1.29, 1.82) is 0 Å². The van der Waals surface area contributed by atoms with Gasteiger partial charge in [-0.25, -0.2) is 0 Å². The van der Waals surface area contributed by atoms with Crippen LogP contribution in [0.5, 0.6) is 0 Å². The van der Waals surface area contributed by atoms with E-state index in [9.17, 15) is 9.59 Å². The molecule has 1 aromatic heterocycles. The van der Waals surface area contributed by atoms with Crippen molar-refractivity contribution in [3.63, 3.8) is 0 Å². The summed E-state index contributed by atoms with van der Waals surface area (Å²) in [5.74, 6) is -0.582. The molecule has 1 saturated heterocycles. The van der Waals surface area contributed by atoms with Crippen molar-refractivity contribution in [3.8, 4) is 0 Å². The number of nitrogens with two attached hydrogens (primary N) is 1. The van der Waals surface area contributed by atoms with Crippen LogP contribution in [0, 0.1) is 0 Å². The van der Waals surface area contributed by atoms with E-state index < -0.39 is 0 Å². The number of imide groups is 1. The van der Waals surface area contributed by atoms with Gasteiger partial charge in [-0.2, -0.15) is 0 Å². The topological polar surface area (TPSA) is 88.3 Å². The lowest BCUT2D eigenvalue weighted by atomic mass is 10.1. The maximum absolute atomic E-state index is 11.3. The van der Waals surface area contributed by atoms with Crippen LogP contribution in [0.2, 0.25) is 0 Å². The lowest BCUT2D eigenvalue weighted by Gasteiger charge is -2.27. The van der Waals surface area contributed by atoms with E-state index in [1.54, 1.807) is 11.1 Å². The van der Waals surface area contributed by atoms with Crippen molar-refractivity contribution in [2.24, 2.45) is 5.73 Å². The molecule has 0 radical (unpaired) electrons. The van der Waals surface area contributed by atoms with Crippen molar-refractivity contribution >= 4 is 17.5 Å². The Labute approximate surface area is 105 Å². The van der Waals surface area contributed by atoms with E-state index in [-0.39, 0.29) is 30.9 Å². The molecule has 0 bridgehead atoms. The average Bonchev–Trinajstić information content (AvgIpc) is 2.37. The summed E-state index contributed by atoms with van der Waals surface area (Å²) in [5.41, 5.74) is 7.44. The monoisotopic (exact) mass is 248 g/mol. The van der Waals surface area contributed by atoms with Gasteiger partial charge in [0.15, 0.2) is 0 Å². The fourth-order valence-corrected chi connectivity index (χ4v) is 1.83. The molecule has 0 saturated carbocycles. The third kappa shape index (κ3) is 2.65. The Bertz CT molecular complexity index is 442. The maximum Gasteiger partial charge on any atom is 0.246 e. The summed E-state index contributed by atoms with van der Waals surface area (Å²) in [5, 5.41) is 2.26. The number of nitrogens with one attached hydrogen (secondary N) is 1. The van der Waals surface area contributed by atoms with Crippen LogP contribution >= 0.6 is 0 Å². The number of carbonyl (C=O) groups excluding carboxylic acids is 2. The number of aromatic nitrogens is 1. The minimum Gasteiger partial charge on any atom is -0.352 e. The largest absolute Gasteiger partial charge is 0.352 e. The summed E-state index contributed by atoms with van der Waals surface area (Å²) in [4.78, 5) is 28.5. The number of pyridine rings is 1. The summed E-state index contributed by atoms with van der Waals surface area (Å²) < 4.78 is 0. The van der Waals surface area contributed by atoms with E-state index in [0.29, 0.717) is 0 Å². The van der Waals surface area contributed by atoms with Gasteiger partial charge >= 0.3 is 0 Å². The number of hydrogen-bond acceptors (Lipinski definition) is 5. The molecular formula is C12H16N4O2. The van der Waals surface area contributed by atoms with E-state index in [1.165, 1.54) is 0 Å². The van der Waals surface area contributed by atoms with Crippen molar-refractivity contribution < 1.29 is 9.59 Å². The molecule has 2 heterocycles. The van der Waals surface area contributed by atoms with E-state index in [2.05, 4.69) is 10.3 Å². The fourth-order valence-electron chi connectivity index (χ4n) is 1.83. The molecule has 18 heavy (non-hydrogen) atoms. The molecule has 1 aromatic rings. The summed E-state index contributed by atoms with van der Waals surface area (Å²) in [7, 11) is 0. The molecular weight excluding hydrogens is 232 g/mol. The lowest BCUT2D eigenvalue weighted by molar-refractivity contribution is -0.130. The normalized spacial score (nSPS) is 17.6. The smallest absolute Gasteiger partial charge is 0.246 e. The minimum absolute atomic E-state index is 0.0784. The van der Waals surface area contributed by atoms with Gasteiger partial charge in [-0.1, -0.05) is 6.92 Å². The summed E-state index contributed by atoms with van der Waals surface area (Å²) >= 11 is 0. The molecule has 0 aromatic carbocycles. The first kappa shape index (κ1) is 12.5. The van der Waals surface area contributed by atoms with Crippen LogP contribution in [0.4, 0.5) is 5.69 Å². The molecule has 6 nitrogen and oxygen atoms in total. The number of hydrogen-bond donors (Lipinski definition) is 2. The lowest BCUT2D eigenvalue weighted by Crippen LogP contribution is -2.51. The second kappa shape index (κ2) is 5.14. The van der Waals surface area contributed by atoms with Gasteiger partial charge in [0.05, 0.1) is 30.7 Å². The van der Waals surface area contributed by atoms with Gasteiger partial charge in [0, 0.05) is 6.04 Å². The number of rotatable bonds is 3. The summed E-state index contributed by atoms with van der Waals surface area (Å²) in [6.45, 7) is 2.34. The minimum atomic E-state index is -0.291. The van der Waals surface area contributed by atoms with Crippen molar-refractivity contribution in [2.45, 2.75) is 19.4 Å².